The monoisotopic (exact) mass is 262 g/mol. The van der Waals surface area contributed by atoms with Crippen molar-refractivity contribution >= 4 is 26.7 Å². The zero-order valence-electron chi connectivity index (χ0n) is 9.72. The van der Waals surface area contributed by atoms with Crippen molar-refractivity contribution in [3.63, 3.8) is 0 Å². The molecular weight excluding hydrogens is 251 g/mol. The Balaban J connectivity index is 1.81. The van der Waals surface area contributed by atoms with E-state index in [4.69, 9.17) is 0 Å². The number of imidazole rings is 1. The predicted octanol–water partition coefficient (Wildman–Crippen LogP) is 2.78. The number of hydrogen-bond acceptors (Lipinski definition) is 4. The van der Waals surface area contributed by atoms with Gasteiger partial charge in [-0.15, -0.1) is 0 Å². The molecule has 1 aromatic carbocycles. The molecule has 0 unspecified atom stereocenters. The molecule has 0 aliphatic carbocycles. The van der Waals surface area contributed by atoms with Crippen LogP contribution in [-0.2, 0) is 13.6 Å². The average Bonchev–Trinajstić information content (AvgIpc) is 2.92. The molecule has 0 spiro atoms. The predicted molar refractivity (Wildman–Crippen MR) is 70.1 cm³/mol. The molecule has 3 rings (SSSR count). The maximum Gasteiger partial charge on any atom is 0.184 e. The Labute approximate surface area is 107 Å². The molecule has 2 heterocycles. The van der Waals surface area contributed by atoms with Crippen LogP contribution in [-0.4, -0.2) is 14.5 Å². The van der Waals surface area contributed by atoms with Crippen molar-refractivity contribution in [3.8, 4) is 0 Å². The Kier molecular flexibility index (Phi) is 2.71. The van der Waals surface area contributed by atoms with E-state index in [-0.39, 0.29) is 5.82 Å². The Morgan fingerprint density at radius 2 is 2.33 bits per heavy atom. The number of anilines is 1. The molecule has 0 saturated carbocycles. The van der Waals surface area contributed by atoms with Crippen molar-refractivity contribution in [2.45, 2.75) is 6.54 Å². The minimum Gasteiger partial charge on any atom is -0.354 e. The number of halogens is 1. The lowest BCUT2D eigenvalue weighted by Crippen LogP contribution is -2.05. The number of nitrogens with one attached hydrogen (secondary N) is 1. The van der Waals surface area contributed by atoms with Crippen molar-refractivity contribution in [1.29, 1.82) is 0 Å². The minimum absolute atomic E-state index is 0.234. The SMILES string of the molecule is Cn1ccnc1CNc1nc2ccc(F)cc2s1. The van der Waals surface area contributed by atoms with Crippen LogP contribution in [0.25, 0.3) is 10.2 Å². The van der Waals surface area contributed by atoms with Crippen LogP contribution < -0.4 is 5.32 Å². The fourth-order valence-electron chi connectivity index (χ4n) is 1.70. The van der Waals surface area contributed by atoms with Crippen molar-refractivity contribution < 1.29 is 4.39 Å². The third kappa shape index (κ3) is 2.06. The number of rotatable bonds is 3. The van der Waals surface area contributed by atoms with Gasteiger partial charge in [-0.05, 0) is 18.2 Å². The summed E-state index contributed by atoms with van der Waals surface area (Å²) in [5, 5.41) is 3.97. The molecule has 0 bridgehead atoms. The zero-order chi connectivity index (χ0) is 12.5. The number of thiazole rings is 1. The zero-order valence-corrected chi connectivity index (χ0v) is 10.5. The lowest BCUT2D eigenvalue weighted by atomic mass is 10.3. The van der Waals surface area contributed by atoms with E-state index >= 15 is 0 Å². The Morgan fingerprint density at radius 3 is 3.11 bits per heavy atom. The summed E-state index contributed by atoms with van der Waals surface area (Å²) in [5.74, 6) is 0.697. The van der Waals surface area contributed by atoms with E-state index in [2.05, 4.69) is 15.3 Å². The minimum atomic E-state index is -0.234. The number of fused-ring (bicyclic) bond motifs is 1. The largest absolute Gasteiger partial charge is 0.354 e. The summed E-state index contributed by atoms with van der Waals surface area (Å²) >= 11 is 1.44. The van der Waals surface area contributed by atoms with E-state index in [1.165, 1.54) is 23.5 Å². The maximum atomic E-state index is 13.1. The van der Waals surface area contributed by atoms with Gasteiger partial charge in [0.2, 0.25) is 0 Å². The first-order valence-corrected chi connectivity index (χ1v) is 6.30. The van der Waals surface area contributed by atoms with Crippen LogP contribution >= 0.6 is 11.3 Å². The molecule has 0 aliphatic heterocycles. The number of nitrogens with zero attached hydrogens (tertiary/aromatic N) is 3. The van der Waals surface area contributed by atoms with Crippen molar-refractivity contribution in [3.05, 3.63) is 42.2 Å². The molecule has 92 valence electrons. The number of hydrogen-bond donors (Lipinski definition) is 1. The summed E-state index contributed by atoms with van der Waals surface area (Å²) in [5.41, 5.74) is 0.809. The Morgan fingerprint density at radius 1 is 1.44 bits per heavy atom. The van der Waals surface area contributed by atoms with Gasteiger partial charge in [0.15, 0.2) is 5.13 Å². The average molecular weight is 262 g/mol. The summed E-state index contributed by atoms with van der Waals surface area (Å²) < 4.78 is 15.8. The van der Waals surface area contributed by atoms with Gasteiger partial charge in [-0.1, -0.05) is 11.3 Å². The first-order valence-electron chi connectivity index (χ1n) is 5.48. The molecule has 18 heavy (non-hydrogen) atoms. The van der Waals surface area contributed by atoms with E-state index in [1.54, 1.807) is 12.3 Å². The highest BCUT2D eigenvalue weighted by atomic mass is 32.1. The van der Waals surface area contributed by atoms with Gasteiger partial charge < -0.3 is 9.88 Å². The van der Waals surface area contributed by atoms with Crippen molar-refractivity contribution in [2.75, 3.05) is 5.32 Å². The molecule has 2 aromatic heterocycles. The summed E-state index contributed by atoms with van der Waals surface area (Å²) in [6.07, 6.45) is 3.65. The highest BCUT2D eigenvalue weighted by Crippen LogP contribution is 2.26. The first kappa shape index (κ1) is 11.2. The topological polar surface area (TPSA) is 42.7 Å². The lowest BCUT2D eigenvalue weighted by molar-refractivity contribution is 0.630. The second-order valence-corrected chi connectivity index (χ2v) is 4.97. The van der Waals surface area contributed by atoms with Gasteiger partial charge in [0.25, 0.3) is 0 Å². The summed E-state index contributed by atoms with van der Waals surface area (Å²) in [4.78, 5) is 8.60. The second-order valence-electron chi connectivity index (χ2n) is 3.94. The molecule has 4 nitrogen and oxygen atoms in total. The summed E-state index contributed by atoms with van der Waals surface area (Å²) in [6, 6.07) is 4.61. The Hall–Kier alpha value is -1.95. The van der Waals surface area contributed by atoms with Crippen LogP contribution in [0.1, 0.15) is 5.82 Å². The normalized spacial score (nSPS) is 11.0. The highest BCUT2D eigenvalue weighted by molar-refractivity contribution is 7.22. The van der Waals surface area contributed by atoms with Crippen molar-refractivity contribution in [1.82, 2.24) is 14.5 Å². The van der Waals surface area contributed by atoms with Crippen LogP contribution in [0.2, 0.25) is 0 Å². The summed E-state index contributed by atoms with van der Waals surface area (Å²) in [6.45, 7) is 0.603. The third-order valence-electron chi connectivity index (χ3n) is 2.67. The van der Waals surface area contributed by atoms with E-state index < -0.39 is 0 Å². The second kappa shape index (κ2) is 4.38. The Bertz CT molecular complexity index is 688. The molecule has 0 amide bonds. The van der Waals surface area contributed by atoms with Crippen LogP contribution in [0.15, 0.2) is 30.6 Å². The molecule has 0 radical (unpaired) electrons. The van der Waals surface area contributed by atoms with Crippen LogP contribution in [0, 0.1) is 5.82 Å². The fraction of sp³-hybridized carbons (Fsp3) is 0.167. The van der Waals surface area contributed by atoms with Gasteiger partial charge in [-0.2, -0.15) is 0 Å². The molecule has 0 aliphatic rings. The first-order chi connectivity index (χ1) is 8.72. The van der Waals surface area contributed by atoms with Gasteiger partial charge in [-0.25, -0.2) is 14.4 Å². The molecule has 0 saturated heterocycles. The van der Waals surface area contributed by atoms with E-state index in [0.29, 0.717) is 6.54 Å². The van der Waals surface area contributed by atoms with E-state index in [0.717, 1.165) is 21.2 Å². The van der Waals surface area contributed by atoms with Gasteiger partial charge in [0, 0.05) is 19.4 Å². The number of benzene rings is 1. The summed E-state index contributed by atoms with van der Waals surface area (Å²) in [7, 11) is 1.94. The highest BCUT2D eigenvalue weighted by Gasteiger charge is 2.05. The molecule has 3 aromatic rings. The molecule has 6 heteroatoms. The van der Waals surface area contributed by atoms with Gasteiger partial charge in [0.05, 0.1) is 16.8 Å². The lowest BCUT2D eigenvalue weighted by Gasteiger charge is -2.01. The fourth-order valence-corrected chi connectivity index (χ4v) is 2.58. The van der Waals surface area contributed by atoms with Crippen LogP contribution in [0.3, 0.4) is 0 Å². The molecular formula is C12H11FN4S. The van der Waals surface area contributed by atoms with E-state index in [9.17, 15) is 4.39 Å². The number of aromatic nitrogens is 3. The molecule has 0 atom stereocenters. The van der Waals surface area contributed by atoms with Gasteiger partial charge >= 0.3 is 0 Å². The van der Waals surface area contributed by atoms with Crippen molar-refractivity contribution in [2.24, 2.45) is 7.05 Å². The number of aryl methyl sites for hydroxylation is 1. The van der Waals surface area contributed by atoms with Gasteiger partial charge in [0.1, 0.15) is 11.6 Å². The van der Waals surface area contributed by atoms with Gasteiger partial charge in [-0.3, -0.25) is 0 Å². The van der Waals surface area contributed by atoms with Crippen LogP contribution in [0.4, 0.5) is 9.52 Å². The quantitative estimate of drug-likeness (QED) is 0.789. The standard InChI is InChI=1S/C12H11FN4S/c1-17-5-4-14-11(17)7-15-12-16-9-3-2-8(13)6-10(9)18-12/h2-6H,7H2,1H3,(H,15,16). The smallest absolute Gasteiger partial charge is 0.184 e. The molecule has 1 N–H and O–H groups in total. The van der Waals surface area contributed by atoms with Crippen LogP contribution in [0.5, 0.6) is 0 Å². The maximum absolute atomic E-state index is 13.1. The van der Waals surface area contributed by atoms with E-state index in [1.807, 2.05) is 17.8 Å². The molecule has 0 fully saturated rings. The third-order valence-corrected chi connectivity index (χ3v) is 3.65.